The van der Waals surface area contributed by atoms with Gasteiger partial charge in [-0.1, -0.05) is 45.0 Å². The van der Waals surface area contributed by atoms with Gasteiger partial charge in [0.1, 0.15) is 4.90 Å². The summed E-state index contributed by atoms with van der Waals surface area (Å²) in [6.07, 6.45) is 0.966. The van der Waals surface area contributed by atoms with Crippen molar-refractivity contribution in [3.05, 3.63) is 63.7 Å². The summed E-state index contributed by atoms with van der Waals surface area (Å²) in [5.74, 6) is 0. The van der Waals surface area contributed by atoms with Crippen LogP contribution in [0.25, 0.3) is 0 Å². The molecule has 0 saturated carbocycles. The van der Waals surface area contributed by atoms with Gasteiger partial charge >= 0.3 is 0 Å². The van der Waals surface area contributed by atoms with Crippen molar-refractivity contribution in [2.45, 2.75) is 44.0 Å². The van der Waals surface area contributed by atoms with Gasteiger partial charge in [-0.25, -0.2) is 8.42 Å². The highest BCUT2D eigenvalue weighted by Crippen LogP contribution is 2.30. The van der Waals surface area contributed by atoms with E-state index in [1.807, 2.05) is 19.1 Å². The van der Waals surface area contributed by atoms with Gasteiger partial charge in [-0.3, -0.25) is 10.1 Å². The second kappa shape index (κ2) is 7.07. The van der Waals surface area contributed by atoms with Crippen LogP contribution in [0.2, 0.25) is 0 Å². The first-order valence-corrected chi connectivity index (χ1v) is 10.1. The highest BCUT2D eigenvalue weighted by molar-refractivity contribution is 7.90. The minimum Gasteiger partial charge on any atom is -0.378 e. The number of anilines is 1. The molecule has 0 fully saturated rings. The SMILES string of the molecule is CC(Nc1ccc([N+](=O)[O-])c(S(C)(=O)=O)c1)c1ccc(C(C)(C)C)cc1. The molecule has 0 saturated heterocycles. The van der Waals surface area contributed by atoms with Gasteiger partial charge in [-0.2, -0.15) is 0 Å². The predicted molar refractivity (Wildman–Crippen MR) is 103 cm³/mol. The number of nitrogens with one attached hydrogen (secondary N) is 1. The zero-order chi connectivity index (χ0) is 19.7. The third-order valence-corrected chi connectivity index (χ3v) is 5.34. The third-order valence-electron chi connectivity index (χ3n) is 4.22. The molecule has 0 aliphatic heterocycles. The minimum absolute atomic E-state index is 0.0674. The summed E-state index contributed by atoms with van der Waals surface area (Å²) in [6.45, 7) is 8.39. The molecule has 0 aliphatic carbocycles. The Labute approximate surface area is 154 Å². The van der Waals surface area contributed by atoms with Crippen molar-refractivity contribution in [3.63, 3.8) is 0 Å². The molecule has 26 heavy (non-hydrogen) atoms. The highest BCUT2D eigenvalue weighted by atomic mass is 32.2. The molecule has 1 unspecified atom stereocenters. The fraction of sp³-hybridized carbons (Fsp3) is 0.368. The van der Waals surface area contributed by atoms with E-state index in [9.17, 15) is 18.5 Å². The van der Waals surface area contributed by atoms with E-state index in [4.69, 9.17) is 0 Å². The number of nitrogens with zero attached hydrogens (tertiary/aromatic N) is 1. The monoisotopic (exact) mass is 376 g/mol. The van der Waals surface area contributed by atoms with Crippen LogP contribution in [0.4, 0.5) is 11.4 Å². The van der Waals surface area contributed by atoms with Gasteiger partial charge in [-0.05, 0) is 35.6 Å². The minimum atomic E-state index is -3.71. The largest absolute Gasteiger partial charge is 0.378 e. The predicted octanol–water partition coefficient (Wildman–Crippen LogP) is 4.47. The van der Waals surface area contributed by atoms with Crippen LogP contribution in [0.1, 0.15) is 44.9 Å². The van der Waals surface area contributed by atoms with Crippen LogP contribution >= 0.6 is 0 Å². The molecule has 0 heterocycles. The first-order chi connectivity index (χ1) is 11.9. The molecule has 0 amide bonds. The standard InChI is InChI=1S/C19H24N2O4S/c1-13(14-6-8-15(9-7-14)19(2,3)4)20-16-10-11-17(21(22)23)18(12-16)26(5,24)25/h6-13,20H,1-5H3. The first-order valence-electron chi connectivity index (χ1n) is 8.25. The maximum Gasteiger partial charge on any atom is 0.288 e. The van der Waals surface area contributed by atoms with Gasteiger partial charge in [0.05, 0.1) is 4.92 Å². The second-order valence-electron chi connectivity index (χ2n) is 7.45. The van der Waals surface area contributed by atoms with Crippen LogP contribution < -0.4 is 5.32 Å². The number of sulfone groups is 1. The number of hydrogen-bond acceptors (Lipinski definition) is 5. The van der Waals surface area contributed by atoms with E-state index in [1.54, 1.807) is 0 Å². The second-order valence-corrected chi connectivity index (χ2v) is 9.43. The molecule has 2 aromatic carbocycles. The number of nitro benzene ring substituents is 1. The molecule has 140 valence electrons. The Hall–Kier alpha value is -2.41. The van der Waals surface area contributed by atoms with Gasteiger partial charge in [0.25, 0.3) is 5.69 Å². The Bertz CT molecular complexity index is 914. The molecule has 0 spiro atoms. The van der Waals surface area contributed by atoms with Crippen LogP contribution in [0.3, 0.4) is 0 Å². The molecule has 1 atom stereocenters. The fourth-order valence-corrected chi connectivity index (χ4v) is 3.52. The van der Waals surface area contributed by atoms with E-state index < -0.39 is 20.4 Å². The molecule has 0 radical (unpaired) electrons. The quantitative estimate of drug-likeness (QED) is 0.614. The van der Waals surface area contributed by atoms with Gasteiger partial charge < -0.3 is 5.32 Å². The Kier molecular flexibility index (Phi) is 5.41. The average Bonchev–Trinajstić information content (AvgIpc) is 2.53. The molecule has 1 N–H and O–H groups in total. The average molecular weight is 376 g/mol. The van der Waals surface area contributed by atoms with Crippen molar-refractivity contribution >= 4 is 21.2 Å². The van der Waals surface area contributed by atoms with Gasteiger partial charge in [-0.15, -0.1) is 0 Å². The number of benzene rings is 2. The van der Waals surface area contributed by atoms with E-state index in [-0.39, 0.29) is 16.4 Å². The Balaban J connectivity index is 2.29. The lowest BCUT2D eigenvalue weighted by molar-refractivity contribution is -0.387. The topological polar surface area (TPSA) is 89.3 Å². The summed E-state index contributed by atoms with van der Waals surface area (Å²) in [7, 11) is -3.71. The molecule has 7 heteroatoms. The van der Waals surface area contributed by atoms with Crippen LogP contribution in [0.5, 0.6) is 0 Å². The van der Waals surface area contributed by atoms with Crippen molar-refractivity contribution < 1.29 is 13.3 Å². The summed E-state index contributed by atoms with van der Waals surface area (Å²) >= 11 is 0. The molecular formula is C19H24N2O4S. The zero-order valence-corrected chi connectivity index (χ0v) is 16.4. The van der Waals surface area contributed by atoms with Crippen molar-refractivity contribution in [1.82, 2.24) is 0 Å². The van der Waals surface area contributed by atoms with Crippen molar-refractivity contribution in [2.24, 2.45) is 0 Å². The Morgan fingerprint density at radius 3 is 2.12 bits per heavy atom. The van der Waals surface area contributed by atoms with Crippen molar-refractivity contribution in [3.8, 4) is 0 Å². The molecule has 6 nitrogen and oxygen atoms in total. The fourth-order valence-electron chi connectivity index (χ4n) is 2.66. The molecule has 0 aliphatic rings. The summed E-state index contributed by atoms with van der Waals surface area (Å²) in [4.78, 5) is 10.1. The zero-order valence-electron chi connectivity index (χ0n) is 15.6. The lowest BCUT2D eigenvalue weighted by Gasteiger charge is -2.21. The molecule has 2 aromatic rings. The maximum absolute atomic E-state index is 11.9. The lowest BCUT2D eigenvalue weighted by Crippen LogP contribution is -2.12. The van der Waals surface area contributed by atoms with E-state index >= 15 is 0 Å². The van der Waals surface area contributed by atoms with Crippen LogP contribution in [-0.4, -0.2) is 19.6 Å². The van der Waals surface area contributed by atoms with Crippen molar-refractivity contribution in [1.29, 1.82) is 0 Å². The Morgan fingerprint density at radius 2 is 1.65 bits per heavy atom. The third kappa shape index (κ3) is 4.60. The smallest absolute Gasteiger partial charge is 0.288 e. The van der Waals surface area contributed by atoms with Gasteiger partial charge in [0, 0.05) is 24.1 Å². The first kappa shape index (κ1) is 19.9. The highest BCUT2D eigenvalue weighted by Gasteiger charge is 2.23. The maximum atomic E-state index is 11.9. The van der Waals surface area contributed by atoms with E-state index in [0.29, 0.717) is 5.69 Å². The molecular weight excluding hydrogens is 352 g/mol. The summed E-state index contributed by atoms with van der Waals surface area (Å²) in [5.41, 5.74) is 2.43. The normalized spacial score (nSPS) is 13.3. The number of rotatable bonds is 5. The van der Waals surface area contributed by atoms with Crippen molar-refractivity contribution in [2.75, 3.05) is 11.6 Å². The van der Waals surface area contributed by atoms with E-state index in [2.05, 4.69) is 38.2 Å². The molecule has 2 rings (SSSR count). The molecule has 0 aromatic heterocycles. The summed E-state index contributed by atoms with van der Waals surface area (Å²) in [6, 6.07) is 12.2. The molecule has 0 bridgehead atoms. The van der Waals surface area contributed by atoms with Gasteiger partial charge in [0.2, 0.25) is 0 Å². The Morgan fingerprint density at radius 1 is 1.08 bits per heavy atom. The lowest BCUT2D eigenvalue weighted by atomic mass is 9.86. The van der Waals surface area contributed by atoms with Crippen LogP contribution in [-0.2, 0) is 15.3 Å². The van der Waals surface area contributed by atoms with Crippen LogP contribution in [0, 0.1) is 10.1 Å². The summed E-state index contributed by atoms with van der Waals surface area (Å²) < 4.78 is 23.7. The summed E-state index contributed by atoms with van der Waals surface area (Å²) in [5, 5.41) is 14.3. The van der Waals surface area contributed by atoms with Gasteiger partial charge in [0.15, 0.2) is 9.84 Å². The van der Waals surface area contributed by atoms with E-state index in [1.165, 1.54) is 23.8 Å². The van der Waals surface area contributed by atoms with E-state index in [0.717, 1.165) is 11.8 Å². The number of hydrogen-bond donors (Lipinski definition) is 1. The van der Waals surface area contributed by atoms with Crippen LogP contribution in [0.15, 0.2) is 47.4 Å². The number of nitro groups is 1.